The lowest BCUT2D eigenvalue weighted by Crippen LogP contribution is -2.24. The first-order valence-corrected chi connectivity index (χ1v) is 8.54. The zero-order valence-electron chi connectivity index (χ0n) is 13.2. The van der Waals surface area contributed by atoms with Crippen LogP contribution in [0.4, 0.5) is 0 Å². The highest BCUT2D eigenvalue weighted by atomic mass is 32.2. The van der Waals surface area contributed by atoms with Gasteiger partial charge in [0, 0.05) is 12.1 Å². The zero-order chi connectivity index (χ0) is 16.8. The smallest absolute Gasteiger partial charge is 0.277 e. The highest BCUT2D eigenvalue weighted by Crippen LogP contribution is 2.25. The summed E-state index contributed by atoms with van der Waals surface area (Å²) in [6.07, 6.45) is 0. The van der Waals surface area contributed by atoms with E-state index in [9.17, 15) is 4.79 Å². The number of aromatic nitrogens is 2. The predicted octanol–water partition coefficient (Wildman–Crippen LogP) is 3.45. The molecule has 1 aromatic heterocycles. The highest BCUT2D eigenvalue weighted by molar-refractivity contribution is 7.99. The third-order valence-corrected chi connectivity index (χ3v) is 4.26. The van der Waals surface area contributed by atoms with Gasteiger partial charge in [0.25, 0.3) is 5.22 Å². The monoisotopic (exact) mass is 339 g/mol. The van der Waals surface area contributed by atoms with Gasteiger partial charge in [-0.1, -0.05) is 60.3 Å². The average Bonchev–Trinajstić information content (AvgIpc) is 3.08. The SMILES string of the molecule is Cc1ccccc1-c1nnc(SCC(=O)NCc2ccccc2)o1. The molecule has 0 bridgehead atoms. The minimum atomic E-state index is -0.0699. The summed E-state index contributed by atoms with van der Waals surface area (Å²) < 4.78 is 5.62. The molecule has 1 N–H and O–H groups in total. The Bertz CT molecular complexity index is 818. The Balaban J connectivity index is 1.52. The third-order valence-electron chi connectivity index (χ3n) is 3.44. The van der Waals surface area contributed by atoms with Gasteiger partial charge in [-0.2, -0.15) is 0 Å². The number of carbonyl (C=O) groups excluding carboxylic acids is 1. The topological polar surface area (TPSA) is 68.0 Å². The molecule has 5 nitrogen and oxygen atoms in total. The number of hydrogen-bond acceptors (Lipinski definition) is 5. The number of benzene rings is 2. The summed E-state index contributed by atoms with van der Waals surface area (Å²) in [6.45, 7) is 2.50. The highest BCUT2D eigenvalue weighted by Gasteiger charge is 2.12. The van der Waals surface area contributed by atoms with E-state index in [2.05, 4.69) is 15.5 Å². The first kappa shape index (κ1) is 16.3. The molecule has 0 saturated carbocycles. The number of hydrogen-bond donors (Lipinski definition) is 1. The van der Waals surface area contributed by atoms with E-state index in [1.807, 2.05) is 61.5 Å². The van der Waals surface area contributed by atoms with E-state index in [1.54, 1.807) is 0 Å². The van der Waals surface area contributed by atoms with E-state index >= 15 is 0 Å². The Hall–Kier alpha value is -2.60. The van der Waals surface area contributed by atoms with Gasteiger partial charge in [0.15, 0.2) is 0 Å². The van der Waals surface area contributed by atoms with Gasteiger partial charge in [-0.05, 0) is 24.1 Å². The van der Waals surface area contributed by atoms with Crippen molar-refractivity contribution in [2.45, 2.75) is 18.7 Å². The fourth-order valence-corrected chi connectivity index (χ4v) is 2.76. The van der Waals surface area contributed by atoms with Gasteiger partial charge in [0.05, 0.1) is 5.75 Å². The molecular formula is C18H17N3O2S. The number of thioether (sulfide) groups is 1. The second kappa shape index (κ2) is 7.79. The Morgan fingerprint density at radius 2 is 1.83 bits per heavy atom. The summed E-state index contributed by atoms with van der Waals surface area (Å²) >= 11 is 1.23. The van der Waals surface area contributed by atoms with Crippen LogP contribution >= 0.6 is 11.8 Å². The zero-order valence-corrected chi connectivity index (χ0v) is 14.0. The van der Waals surface area contributed by atoms with Crippen molar-refractivity contribution < 1.29 is 9.21 Å². The maximum atomic E-state index is 11.9. The van der Waals surface area contributed by atoms with Crippen molar-refractivity contribution in [1.82, 2.24) is 15.5 Å². The number of nitrogens with one attached hydrogen (secondary N) is 1. The lowest BCUT2D eigenvalue weighted by Gasteiger charge is -2.03. The molecule has 3 rings (SSSR count). The molecule has 0 saturated heterocycles. The lowest BCUT2D eigenvalue weighted by atomic mass is 10.1. The summed E-state index contributed by atoms with van der Waals surface area (Å²) in [5, 5.41) is 11.3. The normalized spacial score (nSPS) is 10.5. The van der Waals surface area contributed by atoms with Gasteiger partial charge >= 0.3 is 0 Å². The summed E-state index contributed by atoms with van der Waals surface area (Å²) in [5.74, 6) is 0.641. The molecule has 3 aromatic rings. The van der Waals surface area contributed by atoms with Crippen LogP contribution in [0.15, 0.2) is 64.2 Å². The molecule has 0 aliphatic rings. The molecule has 1 heterocycles. The van der Waals surface area contributed by atoms with E-state index in [4.69, 9.17) is 4.42 Å². The Morgan fingerprint density at radius 1 is 1.08 bits per heavy atom. The van der Waals surface area contributed by atoms with E-state index in [0.29, 0.717) is 17.7 Å². The molecule has 6 heteroatoms. The minimum Gasteiger partial charge on any atom is -0.411 e. The molecule has 0 radical (unpaired) electrons. The van der Waals surface area contributed by atoms with Crippen LogP contribution < -0.4 is 5.32 Å². The maximum Gasteiger partial charge on any atom is 0.277 e. The summed E-state index contributed by atoms with van der Waals surface area (Å²) in [4.78, 5) is 11.9. The number of aryl methyl sites for hydroxylation is 1. The summed E-state index contributed by atoms with van der Waals surface area (Å²) in [5.41, 5.74) is 3.04. The van der Waals surface area contributed by atoms with Crippen LogP contribution in [0.1, 0.15) is 11.1 Å². The van der Waals surface area contributed by atoms with Crippen LogP contribution in [0.25, 0.3) is 11.5 Å². The van der Waals surface area contributed by atoms with Crippen LogP contribution in [-0.4, -0.2) is 21.9 Å². The quantitative estimate of drug-likeness (QED) is 0.697. The van der Waals surface area contributed by atoms with E-state index < -0.39 is 0 Å². The number of amides is 1. The second-order valence-electron chi connectivity index (χ2n) is 5.24. The van der Waals surface area contributed by atoms with Crippen LogP contribution in [0.3, 0.4) is 0 Å². The summed E-state index contributed by atoms with van der Waals surface area (Å²) in [6, 6.07) is 17.6. The van der Waals surface area contributed by atoms with Gasteiger partial charge in [-0.15, -0.1) is 10.2 Å². The second-order valence-corrected chi connectivity index (χ2v) is 6.17. The van der Waals surface area contributed by atoms with Crippen molar-refractivity contribution in [3.63, 3.8) is 0 Å². The van der Waals surface area contributed by atoms with Crippen LogP contribution in [0.2, 0.25) is 0 Å². The first-order chi connectivity index (χ1) is 11.7. The number of carbonyl (C=O) groups is 1. The van der Waals surface area contributed by atoms with Gasteiger partial charge < -0.3 is 9.73 Å². The Morgan fingerprint density at radius 3 is 2.62 bits per heavy atom. The van der Waals surface area contributed by atoms with E-state index in [1.165, 1.54) is 11.8 Å². The molecule has 0 fully saturated rings. The Labute approximate surface area is 144 Å². The van der Waals surface area contributed by atoms with Crippen molar-refractivity contribution in [3.8, 4) is 11.5 Å². The van der Waals surface area contributed by atoms with E-state index in [-0.39, 0.29) is 11.7 Å². The van der Waals surface area contributed by atoms with Crippen molar-refractivity contribution in [1.29, 1.82) is 0 Å². The molecule has 2 aromatic carbocycles. The van der Waals surface area contributed by atoms with Gasteiger partial charge in [0.1, 0.15) is 0 Å². The molecular weight excluding hydrogens is 322 g/mol. The molecule has 0 spiro atoms. The molecule has 1 amide bonds. The summed E-state index contributed by atoms with van der Waals surface area (Å²) in [7, 11) is 0. The minimum absolute atomic E-state index is 0.0699. The third kappa shape index (κ3) is 4.23. The molecule has 0 aliphatic heterocycles. The molecule has 24 heavy (non-hydrogen) atoms. The van der Waals surface area contributed by atoms with Gasteiger partial charge in [-0.3, -0.25) is 4.79 Å². The lowest BCUT2D eigenvalue weighted by molar-refractivity contribution is -0.118. The van der Waals surface area contributed by atoms with Crippen molar-refractivity contribution in [3.05, 3.63) is 65.7 Å². The molecule has 122 valence electrons. The van der Waals surface area contributed by atoms with Gasteiger partial charge in [-0.25, -0.2) is 0 Å². The predicted molar refractivity (Wildman–Crippen MR) is 93.5 cm³/mol. The molecule has 0 atom stereocenters. The average molecular weight is 339 g/mol. The Kier molecular flexibility index (Phi) is 5.28. The maximum absolute atomic E-state index is 11.9. The van der Waals surface area contributed by atoms with Crippen LogP contribution in [-0.2, 0) is 11.3 Å². The van der Waals surface area contributed by atoms with Crippen LogP contribution in [0, 0.1) is 6.92 Å². The largest absolute Gasteiger partial charge is 0.411 e. The standard InChI is InChI=1S/C18H17N3O2S/c1-13-7-5-6-10-15(13)17-20-21-18(23-17)24-12-16(22)19-11-14-8-3-2-4-9-14/h2-10H,11-12H2,1H3,(H,19,22). The van der Waals surface area contributed by atoms with Crippen LogP contribution in [0.5, 0.6) is 0 Å². The van der Waals surface area contributed by atoms with Crippen molar-refractivity contribution in [2.75, 3.05) is 5.75 Å². The first-order valence-electron chi connectivity index (χ1n) is 7.55. The van der Waals surface area contributed by atoms with E-state index in [0.717, 1.165) is 16.7 Å². The van der Waals surface area contributed by atoms with Gasteiger partial charge in [0.2, 0.25) is 11.8 Å². The van der Waals surface area contributed by atoms with Crippen molar-refractivity contribution in [2.24, 2.45) is 0 Å². The molecule has 0 unspecified atom stereocenters. The van der Waals surface area contributed by atoms with Crippen molar-refractivity contribution >= 4 is 17.7 Å². The number of rotatable bonds is 6. The fraction of sp³-hybridized carbons (Fsp3) is 0.167. The number of nitrogens with zero attached hydrogens (tertiary/aromatic N) is 2. The fourth-order valence-electron chi connectivity index (χ4n) is 2.16. The molecule has 0 aliphatic carbocycles.